The van der Waals surface area contributed by atoms with Crippen molar-refractivity contribution in [2.45, 2.75) is 6.92 Å². The first-order chi connectivity index (χ1) is 7.97. The number of hydrogen-bond acceptors (Lipinski definition) is 4. The van der Waals surface area contributed by atoms with E-state index in [-0.39, 0.29) is 12.5 Å². The van der Waals surface area contributed by atoms with Gasteiger partial charge in [0.2, 0.25) is 0 Å². The van der Waals surface area contributed by atoms with E-state index < -0.39 is 0 Å². The summed E-state index contributed by atoms with van der Waals surface area (Å²) in [5, 5.41) is 0. The lowest BCUT2D eigenvalue weighted by Gasteiger charge is -2.23. The first kappa shape index (κ1) is 13.4. The highest BCUT2D eigenvalue weighted by atomic mass is 32.1. The third-order valence-corrected chi connectivity index (χ3v) is 2.70. The van der Waals surface area contributed by atoms with Crippen LogP contribution in [-0.4, -0.2) is 31.7 Å². The van der Waals surface area contributed by atoms with Crippen molar-refractivity contribution >= 4 is 28.9 Å². The van der Waals surface area contributed by atoms with Gasteiger partial charge in [0, 0.05) is 12.6 Å². The van der Waals surface area contributed by atoms with Gasteiger partial charge in [0.05, 0.1) is 12.8 Å². The molecule has 1 rings (SSSR count). The van der Waals surface area contributed by atoms with Gasteiger partial charge < -0.3 is 15.4 Å². The normalized spacial score (nSPS) is 9.82. The van der Waals surface area contributed by atoms with Crippen LogP contribution in [0.25, 0.3) is 0 Å². The molecule has 1 aromatic carbocycles. The Kier molecular flexibility index (Phi) is 4.45. The number of hydrogen-bond donors (Lipinski definition) is 1. The summed E-state index contributed by atoms with van der Waals surface area (Å²) < 4.78 is 4.64. The number of likely N-dealkylation sites (N-methyl/N-ethyl adjacent to an activating group) is 1. The molecule has 17 heavy (non-hydrogen) atoms. The zero-order valence-electron chi connectivity index (χ0n) is 10.2. The molecule has 92 valence electrons. The van der Waals surface area contributed by atoms with Gasteiger partial charge in [-0.15, -0.1) is 0 Å². The molecule has 0 saturated heterocycles. The first-order valence-corrected chi connectivity index (χ1v) is 5.55. The molecule has 0 aliphatic carbocycles. The van der Waals surface area contributed by atoms with Gasteiger partial charge in [-0.05, 0) is 18.6 Å². The highest BCUT2D eigenvalue weighted by molar-refractivity contribution is 7.80. The molecule has 0 spiro atoms. The molecule has 2 N–H and O–H groups in total. The minimum Gasteiger partial charge on any atom is -0.468 e. The van der Waals surface area contributed by atoms with E-state index in [1.54, 1.807) is 11.9 Å². The maximum absolute atomic E-state index is 11.3. The maximum Gasteiger partial charge on any atom is 0.325 e. The highest BCUT2D eigenvalue weighted by Crippen LogP contribution is 2.24. The molecule has 0 radical (unpaired) electrons. The van der Waals surface area contributed by atoms with Gasteiger partial charge >= 0.3 is 5.97 Å². The van der Waals surface area contributed by atoms with Crippen molar-refractivity contribution in [3.8, 4) is 0 Å². The summed E-state index contributed by atoms with van der Waals surface area (Å²) in [5.41, 5.74) is 8.32. The van der Waals surface area contributed by atoms with Gasteiger partial charge in [-0.25, -0.2) is 0 Å². The van der Waals surface area contributed by atoms with E-state index in [4.69, 9.17) is 18.0 Å². The largest absolute Gasteiger partial charge is 0.468 e. The number of carbonyl (C=O) groups is 1. The van der Waals surface area contributed by atoms with Gasteiger partial charge in [-0.1, -0.05) is 24.4 Å². The third-order valence-electron chi connectivity index (χ3n) is 2.48. The second-order valence-electron chi connectivity index (χ2n) is 3.77. The van der Waals surface area contributed by atoms with Crippen molar-refractivity contribution in [3.05, 3.63) is 29.3 Å². The van der Waals surface area contributed by atoms with Gasteiger partial charge in [-0.3, -0.25) is 4.79 Å². The van der Waals surface area contributed by atoms with Crippen molar-refractivity contribution in [1.82, 2.24) is 0 Å². The fourth-order valence-electron chi connectivity index (χ4n) is 1.70. The van der Waals surface area contributed by atoms with Crippen LogP contribution in [0, 0.1) is 6.92 Å². The number of thiocarbonyl (C=S) groups is 1. The standard InChI is InChI=1S/C12H16N2O2S/c1-8-5-4-6-9(12(13)17)11(8)14(2)7-10(15)16-3/h4-6H,7H2,1-3H3,(H2,13,17). The molecular formula is C12H16N2O2S. The van der Waals surface area contributed by atoms with Crippen LogP contribution in [0.1, 0.15) is 11.1 Å². The molecule has 0 atom stereocenters. The second kappa shape index (κ2) is 5.63. The van der Waals surface area contributed by atoms with E-state index in [9.17, 15) is 4.79 Å². The number of rotatable bonds is 4. The molecule has 1 aromatic rings. The number of aryl methyl sites for hydroxylation is 1. The molecule has 0 bridgehead atoms. The van der Waals surface area contributed by atoms with E-state index in [2.05, 4.69) is 4.74 Å². The summed E-state index contributed by atoms with van der Waals surface area (Å²) in [5.74, 6) is -0.301. The summed E-state index contributed by atoms with van der Waals surface area (Å²) in [6, 6.07) is 5.68. The van der Waals surface area contributed by atoms with E-state index in [0.717, 1.165) is 16.8 Å². The Morgan fingerprint density at radius 2 is 2.18 bits per heavy atom. The number of benzene rings is 1. The molecule has 5 heteroatoms. The van der Waals surface area contributed by atoms with Crippen LogP contribution in [0.3, 0.4) is 0 Å². The molecule has 0 aliphatic rings. The molecule has 0 fully saturated rings. The smallest absolute Gasteiger partial charge is 0.325 e. The Labute approximate surface area is 106 Å². The van der Waals surface area contributed by atoms with Crippen LogP contribution < -0.4 is 10.6 Å². The van der Waals surface area contributed by atoms with E-state index in [1.165, 1.54) is 7.11 Å². The summed E-state index contributed by atoms with van der Waals surface area (Å²) in [6.45, 7) is 2.11. The van der Waals surface area contributed by atoms with Crippen molar-refractivity contribution in [2.75, 3.05) is 25.6 Å². The van der Waals surface area contributed by atoms with E-state index in [0.29, 0.717) is 4.99 Å². The zero-order valence-corrected chi connectivity index (χ0v) is 11.0. The van der Waals surface area contributed by atoms with Crippen LogP contribution in [0.2, 0.25) is 0 Å². The highest BCUT2D eigenvalue weighted by Gasteiger charge is 2.14. The van der Waals surface area contributed by atoms with Crippen LogP contribution in [0.4, 0.5) is 5.69 Å². The SMILES string of the molecule is COC(=O)CN(C)c1c(C)cccc1C(N)=S. The third kappa shape index (κ3) is 3.17. The number of para-hydroxylation sites is 1. The number of methoxy groups -OCH3 is 1. The Morgan fingerprint density at radius 1 is 1.53 bits per heavy atom. The monoisotopic (exact) mass is 252 g/mol. The topological polar surface area (TPSA) is 55.6 Å². The van der Waals surface area contributed by atoms with Gasteiger partial charge in [0.25, 0.3) is 0 Å². The zero-order chi connectivity index (χ0) is 13.0. The number of anilines is 1. The molecule has 0 saturated carbocycles. The molecule has 0 aromatic heterocycles. The minimum absolute atomic E-state index is 0.164. The van der Waals surface area contributed by atoms with E-state index >= 15 is 0 Å². The first-order valence-electron chi connectivity index (χ1n) is 5.14. The van der Waals surface area contributed by atoms with Crippen molar-refractivity contribution in [2.24, 2.45) is 5.73 Å². The lowest BCUT2D eigenvalue weighted by atomic mass is 10.1. The summed E-state index contributed by atoms with van der Waals surface area (Å²) in [7, 11) is 3.17. The Morgan fingerprint density at radius 3 is 2.71 bits per heavy atom. The molecule has 0 amide bonds. The fourth-order valence-corrected chi connectivity index (χ4v) is 1.87. The molecular weight excluding hydrogens is 236 g/mol. The van der Waals surface area contributed by atoms with Crippen LogP contribution in [0.15, 0.2) is 18.2 Å². The Hall–Kier alpha value is -1.62. The maximum atomic E-state index is 11.3. The quantitative estimate of drug-likeness (QED) is 0.645. The molecule has 4 nitrogen and oxygen atoms in total. The number of nitrogens with zero attached hydrogens (tertiary/aromatic N) is 1. The minimum atomic E-state index is -0.301. The molecule has 0 heterocycles. The van der Waals surface area contributed by atoms with Crippen LogP contribution >= 0.6 is 12.2 Å². The summed E-state index contributed by atoms with van der Waals surface area (Å²) in [4.78, 5) is 13.4. The Balaban J connectivity index is 3.11. The second-order valence-corrected chi connectivity index (χ2v) is 4.21. The van der Waals surface area contributed by atoms with Crippen molar-refractivity contribution < 1.29 is 9.53 Å². The lowest BCUT2D eigenvalue weighted by Crippen LogP contribution is -2.29. The lowest BCUT2D eigenvalue weighted by molar-refractivity contribution is -0.138. The van der Waals surface area contributed by atoms with Crippen LogP contribution in [0.5, 0.6) is 0 Å². The average molecular weight is 252 g/mol. The number of nitrogens with two attached hydrogens (primary N) is 1. The Bertz CT molecular complexity index is 446. The predicted molar refractivity (Wildman–Crippen MR) is 72.4 cm³/mol. The average Bonchev–Trinajstić information content (AvgIpc) is 2.28. The molecule has 0 unspecified atom stereocenters. The van der Waals surface area contributed by atoms with Gasteiger partial charge in [0.1, 0.15) is 11.5 Å². The fraction of sp³-hybridized carbons (Fsp3) is 0.333. The van der Waals surface area contributed by atoms with Gasteiger partial charge in [-0.2, -0.15) is 0 Å². The summed E-state index contributed by atoms with van der Waals surface area (Å²) in [6.07, 6.45) is 0. The summed E-state index contributed by atoms with van der Waals surface area (Å²) >= 11 is 5.01. The van der Waals surface area contributed by atoms with E-state index in [1.807, 2.05) is 25.1 Å². The number of carbonyl (C=O) groups excluding carboxylic acids is 1. The van der Waals surface area contributed by atoms with Crippen molar-refractivity contribution in [1.29, 1.82) is 0 Å². The van der Waals surface area contributed by atoms with Crippen molar-refractivity contribution in [3.63, 3.8) is 0 Å². The number of esters is 1. The number of ether oxygens (including phenoxy) is 1. The predicted octanol–water partition coefficient (Wildman–Crippen LogP) is 1.24. The van der Waals surface area contributed by atoms with Gasteiger partial charge in [0.15, 0.2) is 0 Å². The van der Waals surface area contributed by atoms with Crippen LogP contribution in [-0.2, 0) is 9.53 Å². The molecule has 0 aliphatic heterocycles.